The molecule has 2 aliphatic heterocycles. The standard InChI is InChI=1S/C27H29N7O4/c1-27(2)20-12-17(11-18(21(20)32-24(27)36)15-7-4-3-5-8-15)30-23-19(22(28)35)13-29-25(33-23)34-10-6-9-16(14-34)31-26(37)38/h3-5,7-8,11-13,16,31H,6,9-10,14H2,1-2H3,(H2,28,35)(H,32,36)(H,37,38)(H,29,30,33). The third-order valence-corrected chi connectivity index (χ3v) is 7.04. The van der Waals surface area contributed by atoms with Crippen LogP contribution in [0.1, 0.15) is 42.6 Å². The minimum absolute atomic E-state index is 0.0985. The zero-order valence-corrected chi connectivity index (χ0v) is 21.1. The van der Waals surface area contributed by atoms with Gasteiger partial charge in [-0.3, -0.25) is 9.59 Å². The van der Waals surface area contributed by atoms with E-state index in [1.165, 1.54) is 6.20 Å². The molecule has 3 aromatic rings. The Kier molecular flexibility index (Phi) is 6.35. The van der Waals surface area contributed by atoms with E-state index in [-0.39, 0.29) is 23.3 Å². The molecule has 2 aromatic carbocycles. The molecule has 0 radical (unpaired) electrons. The largest absolute Gasteiger partial charge is 0.465 e. The van der Waals surface area contributed by atoms with Gasteiger partial charge in [-0.25, -0.2) is 9.78 Å². The molecule has 11 nitrogen and oxygen atoms in total. The molecule has 0 aliphatic carbocycles. The van der Waals surface area contributed by atoms with Gasteiger partial charge in [0, 0.05) is 36.6 Å². The van der Waals surface area contributed by atoms with Crippen LogP contribution in [0.5, 0.6) is 0 Å². The number of benzene rings is 2. The van der Waals surface area contributed by atoms with Crippen molar-refractivity contribution in [1.29, 1.82) is 0 Å². The number of carboxylic acid groups (broad SMARTS) is 1. The van der Waals surface area contributed by atoms with Crippen LogP contribution in [0.25, 0.3) is 11.1 Å². The van der Waals surface area contributed by atoms with Gasteiger partial charge in [0.15, 0.2) is 0 Å². The number of fused-ring (bicyclic) bond motifs is 1. The molecule has 1 saturated heterocycles. The number of nitrogens with two attached hydrogens (primary N) is 1. The number of carbonyl (C=O) groups excluding carboxylic acids is 2. The van der Waals surface area contributed by atoms with Crippen LogP contribution in [0.3, 0.4) is 0 Å². The van der Waals surface area contributed by atoms with Crippen molar-refractivity contribution in [1.82, 2.24) is 15.3 Å². The van der Waals surface area contributed by atoms with E-state index in [9.17, 15) is 14.4 Å². The molecule has 1 fully saturated rings. The van der Waals surface area contributed by atoms with Gasteiger partial charge < -0.3 is 31.7 Å². The first-order valence-corrected chi connectivity index (χ1v) is 12.4. The fourth-order valence-electron chi connectivity index (χ4n) is 4.97. The summed E-state index contributed by atoms with van der Waals surface area (Å²) >= 11 is 0. The van der Waals surface area contributed by atoms with Crippen LogP contribution >= 0.6 is 0 Å². The van der Waals surface area contributed by atoms with Crippen molar-refractivity contribution >= 4 is 41.0 Å². The van der Waals surface area contributed by atoms with Crippen molar-refractivity contribution in [3.63, 3.8) is 0 Å². The first kappa shape index (κ1) is 25.0. The van der Waals surface area contributed by atoms with E-state index in [0.29, 0.717) is 31.1 Å². The van der Waals surface area contributed by atoms with Gasteiger partial charge in [-0.05, 0) is 49.9 Å². The van der Waals surface area contributed by atoms with E-state index in [0.717, 1.165) is 28.8 Å². The van der Waals surface area contributed by atoms with Crippen molar-refractivity contribution in [2.75, 3.05) is 28.6 Å². The molecule has 196 valence electrons. The smallest absolute Gasteiger partial charge is 0.404 e. The summed E-state index contributed by atoms with van der Waals surface area (Å²) in [6.07, 6.45) is 1.77. The van der Waals surface area contributed by atoms with Gasteiger partial charge in [0.05, 0.1) is 11.1 Å². The van der Waals surface area contributed by atoms with Crippen LogP contribution in [0, 0.1) is 0 Å². The second kappa shape index (κ2) is 9.66. The van der Waals surface area contributed by atoms with Gasteiger partial charge in [-0.15, -0.1) is 0 Å². The number of piperidine rings is 1. The quantitative estimate of drug-likeness (QED) is 0.333. The fraction of sp³-hybridized carbons (Fsp3) is 0.296. The summed E-state index contributed by atoms with van der Waals surface area (Å²) in [5, 5.41) is 17.9. The molecule has 5 rings (SSSR count). The number of anilines is 4. The summed E-state index contributed by atoms with van der Waals surface area (Å²) in [6.45, 7) is 4.78. The molecule has 1 unspecified atom stereocenters. The molecule has 11 heteroatoms. The van der Waals surface area contributed by atoms with Crippen molar-refractivity contribution in [2.24, 2.45) is 5.73 Å². The molecule has 3 heterocycles. The van der Waals surface area contributed by atoms with Crippen LogP contribution in [0.4, 0.5) is 27.9 Å². The lowest BCUT2D eigenvalue weighted by atomic mass is 9.84. The number of primary amides is 1. The van der Waals surface area contributed by atoms with Crippen molar-refractivity contribution in [3.8, 4) is 11.1 Å². The summed E-state index contributed by atoms with van der Waals surface area (Å²) in [5.41, 5.74) is 8.95. The van der Waals surface area contributed by atoms with Crippen LogP contribution in [0.2, 0.25) is 0 Å². The first-order valence-electron chi connectivity index (χ1n) is 12.4. The molecule has 2 aliphatic rings. The second-order valence-electron chi connectivity index (χ2n) is 10.0. The average molecular weight is 516 g/mol. The maximum absolute atomic E-state index is 12.8. The van der Waals surface area contributed by atoms with Gasteiger partial charge in [0.1, 0.15) is 11.4 Å². The third-order valence-electron chi connectivity index (χ3n) is 7.04. The summed E-state index contributed by atoms with van der Waals surface area (Å²) in [6, 6.07) is 13.2. The predicted octanol–water partition coefficient (Wildman–Crippen LogP) is 3.45. The number of carbonyl (C=O) groups is 3. The zero-order chi connectivity index (χ0) is 27.0. The van der Waals surface area contributed by atoms with E-state index in [2.05, 4.69) is 25.9 Å². The van der Waals surface area contributed by atoms with Gasteiger partial charge in [-0.1, -0.05) is 30.3 Å². The van der Waals surface area contributed by atoms with Crippen LogP contribution in [0.15, 0.2) is 48.7 Å². The minimum atomic E-state index is -1.08. The van der Waals surface area contributed by atoms with Crippen LogP contribution in [-0.2, 0) is 10.2 Å². The van der Waals surface area contributed by atoms with Gasteiger partial charge >= 0.3 is 6.09 Å². The fourth-order valence-corrected chi connectivity index (χ4v) is 4.97. The number of aromatic nitrogens is 2. The Morgan fingerprint density at radius 2 is 1.97 bits per heavy atom. The van der Waals surface area contributed by atoms with Crippen molar-refractivity contribution in [2.45, 2.75) is 38.1 Å². The Hall–Kier alpha value is -4.67. The van der Waals surface area contributed by atoms with Gasteiger partial charge in [-0.2, -0.15) is 4.98 Å². The number of hydrogen-bond acceptors (Lipinski definition) is 7. The maximum atomic E-state index is 12.8. The third kappa shape index (κ3) is 4.70. The van der Waals surface area contributed by atoms with Gasteiger partial charge in [0.2, 0.25) is 11.9 Å². The molecule has 0 spiro atoms. The van der Waals surface area contributed by atoms with E-state index in [4.69, 9.17) is 10.8 Å². The number of nitrogens with one attached hydrogen (secondary N) is 3. The molecule has 3 amide bonds. The molecule has 38 heavy (non-hydrogen) atoms. The first-order chi connectivity index (χ1) is 18.1. The van der Waals surface area contributed by atoms with E-state index >= 15 is 0 Å². The number of amides is 3. The topological polar surface area (TPSA) is 163 Å². The molecular formula is C27H29N7O4. The molecule has 6 N–H and O–H groups in total. The lowest BCUT2D eigenvalue weighted by Crippen LogP contribution is -2.48. The highest BCUT2D eigenvalue weighted by Crippen LogP contribution is 2.45. The van der Waals surface area contributed by atoms with E-state index in [1.54, 1.807) is 0 Å². The highest BCUT2D eigenvalue weighted by atomic mass is 16.4. The molecule has 1 aromatic heterocycles. The zero-order valence-electron chi connectivity index (χ0n) is 21.1. The van der Waals surface area contributed by atoms with E-state index in [1.807, 2.05) is 61.2 Å². The second-order valence-corrected chi connectivity index (χ2v) is 10.0. The number of nitrogens with zero attached hydrogens (tertiary/aromatic N) is 3. The summed E-state index contributed by atoms with van der Waals surface area (Å²) in [7, 11) is 0. The Labute approximate surface area is 219 Å². The average Bonchev–Trinajstić information content (AvgIpc) is 3.12. The molecule has 0 saturated carbocycles. The molecule has 1 atom stereocenters. The highest BCUT2D eigenvalue weighted by molar-refractivity contribution is 6.10. The predicted molar refractivity (Wildman–Crippen MR) is 144 cm³/mol. The Bertz CT molecular complexity index is 1420. The minimum Gasteiger partial charge on any atom is -0.465 e. The summed E-state index contributed by atoms with van der Waals surface area (Å²) in [5.74, 6) is -0.204. The Morgan fingerprint density at radius 3 is 2.68 bits per heavy atom. The summed E-state index contributed by atoms with van der Waals surface area (Å²) < 4.78 is 0. The maximum Gasteiger partial charge on any atom is 0.404 e. The SMILES string of the molecule is CC1(C)C(=O)Nc2c(-c3ccccc3)cc(Nc3nc(N4CCCC(NC(=O)O)C4)ncc3C(N)=O)cc21. The Balaban J connectivity index is 1.54. The molecule has 0 bridgehead atoms. The van der Waals surface area contributed by atoms with Crippen LogP contribution < -0.4 is 26.6 Å². The van der Waals surface area contributed by atoms with E-state index < -0.39 is 17.4 Å². The number of rotatable bonds is 6. The van der Waals surface area contributed by atoms with Gasteiger partial charge in [0.25, 0.3) is 5.91 Å². The monoisotopic (exact) mass is 515 g/mol. The van der Waals surface area contributed by atoms with Crippen molar-refractivity contribution in [3.05, 3.63) is 59.8 Å². The van der Waals surface area contributed by atoms with Crippen molar-refractivity contribution < 1.29 is 19.5 Å². The normalized spacial score (nSPS) is 17.9. The lowest BCUT2D eigenvalue weighted by Gasteiger charge is -2.32. The summed E-state index contributed by atoms with van der Waals surface area (Å²) in [4.78, 5) is 47.0. The molecular weight excluding hydrogens is 486 g/mol. The number of hydrogen-bond donors (Lipinski definition) is 5. The lowest BCUT2D eigenvalue weighted by molar-refractivity contribution is -0.119. The Morgan fingerprint density at radius 1 is 1.21 bits per heavy atom. The van der Waals surface area contributed by atoms with Crippen LogP contribution in [-0.4, -0.2) is 52.1 Å². The highest BCUT2D eigenvalue weighted by Gasteiger charge is 2.40.